The number of esters is 2. The molecule has 0 saturated carbocycles. The van der Waals surface area contributed by atoms with Crippen molar-refractivity contribution in [1.29, 1.82) is 0 Å². The van der Waals surface area contributed by atoms with Crippen LogP contribution in [0.5, 0.6) is 11.5 Å². The summed E-state index contributed by atoms with van der Waals surface area (Å²) in [4.78, 5) is 30.2. The van der Waals surface area contributed by atoms with Crippen LogP contribution in [0.4, 0.5) is 17.1 Å². The Kier molecular flexibility index (Phi) is 17.2. The lowest BCUT2D eigenvalue weighted by atomic mass is 10.0. The van der Waals surface area contributed by atoms with Crippen molar-refractivity contribution in [1.82, 2.24) is 0 Å². The third-order valence-electron chi connectivity index (χ3n) is 9.63. The minimum atomic E-state index is -0.490. The Balaban J connectivity index is 1.05. The summed E-state index contributed by atoms with van der Waals surface area (Å²) in [5.41, 5.74) is 6.33. The highest BCUT2D eigenvalue weighted by Gasteiger charge is 2.11. The molecule has 5 rings (SSSR count). The van der Waals surface area contributed by atoms with Gasteiger partial charge in [0.1, 0.15) is 11.5 Å². The number of carbonyl (C=O) groups excluding carboxylic acids is 2. The molecule has 0 aliphatic carbocycles. The lowest BCUT2D eigenvalue weighted by Crippen LogP contribution is -2.08. The molecule has 0 atom stereocenters. The summed E-state index contributed by atoms with van der Waals surface area (Å²) in [5.74, 6) is -0.0233. The van der Waals surface area contributed by atoms with Gasteiger partial charge in [-0.2, -0.15) is 10.2 Å². The van der Waals surface area contributed by atoms with Crippen molar-refractivity contribution in [3.05, 3.63) is 149 Å². The van der Waals surface area contributed by atoms with Crippen molar-refractivity contribution in [3.63, 3.8) is 0 Å². The molecule has 290 valence electrons. The molecule has 0 radical (unpaired) electrons. The number of benzene rings is 5. The van der Waals surface area contributed by atoms with E-state index in [2.05, 4.69) is 41.2 Å². The second kappa shape index (κ2) is 23.3. The molecule has 5 aromatic rings. The molecule has 0 heterocycles. The van der Waals surface area contributed by atoms with Crippen LogP contribution in [0.1, 0.15) is 128 Å². The van der Waals surface area contributed by atoms with Gasteiger partial charge in [-0.05, 0) is 133 Å². The number of azo groups is 1. The van der Waals surface area contributed by atoms with Gasteiger partial charge in [-0.15, -0.1) is 0 Å². The number of ether oxygens (including phenoxy) is 2. The van der Waals surface area contributed by atoms with Crippen LogP contribution in [0.3, 0.4) is 0 Å². The Hall–Kier alpha value is -5.69. The van der Waals surface area contributed by atoms with Crippen molar-refractivity contribution in [2.45, 2.75) is 104 Å². The van der Waals surface area contributed by atoms with E-state index >= 15 is 0 Å². The Labute approximate surface area is 332 Å². The first-order chi connectivity index (χ1) is 27.5. The van der Waals surface area contributed by atoms with Gasteiger partial charge in [0.05, 0.1) is 28.2 Å². The lowest BCUT2D eigenvalue weighted by molar-refractivity contribution is 0.0725. The minimum Gasteiger partial charge on any atom is -0.423 e. The summed E-state index contributed by atoms with van der Waals surface area (Å²) in [6.07, 6.45) is 19.1. The molecule has 0 spiro atoms. The fourth-order valence-corrected chi connectivity index (χ4v) is 6.27. The highest BCUT2D eigenvalue weighted by atomic mass is 16.5. The second-order valence-corrected chi connectivity index (χ2v) is 14.2. The van der Waals surface area contributed by atoms with Gasteiger partial charge in [0.2, 0.25) is 0 Å². The van der Waals surface area contributed by atoms with Gasteiger partial charge in [0.15, 0.2) is 0 Å². The van der Waals surface area contributed by atoms with Gasteiger partial charge in [-0.3, -0.25) is 4.99 Å². The predicted molar refractivity (Wildman–Crippen MR) is 228 cm³/mol. The van der Waals surface area contributed by atoms with E-state index in [1.54, 1.807) is 60.8 Å². The van der Waals surface area contributed by atoms with Crippen LogP contribution >= 0.6 is 0 Å². The Morgan fingerprint density at radius 3 is 1.50 bits per heavy atom. The first-order valence-corrected chi connectivity index (χ1v) is 20.4. The SMILES string of the molecule is CCCCCCCCc1ccc(N=Nc2ccc(OC(=O)c3cccc(N=Cc4ccc(OC(=O)c5ccc(CCCCCCCC)cc5)cc4)c3)cc2)cc1. The molecule has 0 fully saturated rings. The summed E-state index contributed by atoms with van der Waals surface area (Å²) in [6.45, 7) is 4.48. The summed E-state index contributed by atoms with van der Waals surface area (Å²) in [6, 6.07) is 36.9. The van der Waals surface area contributed by atoms with Crippen LogP contribution in [-0.4, -0.2) is 18.2 Å². The molecule has 7 heteroatoms. The Morgan fingerprint density at radius 1 is 0.482 bits per heavy atom. The van der Waals surface area contributed by atoms with E-state index in [-0.39, 0.29) is 0 Å². The first-order valence-electron chi connectivity index (χ1n) is 20.4. The highest BCUT2D eigenvalue weighted by molar-refractivity contribution is 5.93. The molecular formula is C49H55N3O4. The van der Waals surface area contributed by atoms with Gasteiger partial charge in [-0.1, -0.05) is 108 Å². The summed E-state index contributed by atoms with van der Waals surface area (Å²) in [7, 11) is 0. The van der Waals surface area contributed by atoms with Crippen LogP contribution in [-0.2, 0) is 12.8 Å². The molecule has 0 aromatic heterocycles. The number of aryl methyl sites for hydroxylation is 2. The normalized spacial score (nSPS) is 11.3. The van der Waals surface area contributed by atoms with E-state index < -0.39 is 11.9 Å². The van der Waals surface area contributed by atoms with Gasteiger partial charge in [0.25, 0.3) is 0 Å². The molecule has 0 amide bonds. The van der Waals surface area contributed by atoms with Gasteiger partial charge in [0, 0.05) is 6.21 Å². The topological polar surface area (TPSA) is 89.7 Å². The van der Waals surface area contributed by atoms with Crippen molar-refractivity contribution in [2.24, 2.45) is 15.2 Å². The number of nitrogens with zero attached hydrogens (tertiary/aromatic N) is 3. The van der Waals surface area contributed by atoms with Crippen LogP contribution < -0.4 is 9.47 Å². The van der Waals surface area contributed by atoms with E-state index in [4.69, 9.17) is 9.47 Å². The molecule has 0 unspecified atom stereocenters. The Bertz CT molecular complexity index is 1980. The molecule has 0 aliphatic heterocycles. The van der Waals surface area contributed by atoms with Crippen LogP contribution in [0.2, 0.25) is 0 Å². The number of unbranched alkanes of at least 4 members (excludes halogenated alkanes) is 10. The number of carbonyl (C=O) groups is 2. The number of hydrogen-bond donors (Lipinski definition) is 0. The monoisotopic (exact) mass is 749 g/mol. The Morgan fingerprint density at radius 2 is 0.946 bits per heavy atom. The van der Waals surface area contributed by atoms with Crippen LogP contribution in [0.15, 0.2) is 137 Å². The largest absolute Gasteiger partial charge is 0.423 e. The quantitative estimate of drug-likeness (QED) is 0.0232. The number of aliphatic imine (C=N–C) groups is 1. The van der Waals surface area contributed by atoms with Crippen molar-refractivity contribution in [3.8, 4) is 11.5 Å². The molecule has 7 nitrogen and oxygen atoms in total. The van der Waals surface area contributed by atoms with E-state index in [1.807, 2.05) is 54.6 Å². The molecule has 5 aromatic carbocycles. The van der Waals surface area contributed by atoms with Gasteiger partial charge in [-0.25, -0.2) is 9.59 Å². The molecular weight excluding hydrogens is 695 g/mol. The van der Waals surface area contributed by atoms with E-state index in [1.165, 1.54) is 88.2 Å². The zero-order valence-corrected chi connectivity index (χ0v) is 33.0. The number of rotatable bonds is 22. The standard InChI is InChI=1S/C49H55N3O4/c1-3-5-7-9-11-13-16-38-20-26-41(27-21-38)48(53)55-46-32-24-40(25-33-46)37-50-45-19-15-18-42(36-45)49(54)56-47-34-30-44(31-35-47)52-51-43-28-22-39(23-29-43)17-14-12-10-8-6-4-2/h15,18-37H,3-14,16-17H2,1-2H3. The minimum absolute atomic E-state index is 0.376. The molecule has 0 bridgehead atoms. The maximum atomic E-state index is 13.0. The van der Waals surface area contributed by atoms with E-state index in [9.17, 15) is 9.59 Å². The first kappa shape index (κ1) is 41.5. The fourth-order valence-electron chi connectivity index (χ4n) is 6.27. The molecule has 56 heavy (non-hydrogen) atoms. The highest BCUT2D eigenvalue weighted by Crippen LogP contribution is 2.24. The third kappa shape index (κ3) is 14.5. The zero-order valence-electron chi connectivity index (χ0n) is 33.0. The summed E-state index contributed by atoms with van der Waals surface area (Å²) in [5, 5.41) is 8.70. The third-order valence-corrected chi connectivity index (χ3v) is 9.63. The molecule has 0 aliphatic rings. The van der Waals surface area contributed by atoms with Crippen LogP contribution in [0, 0.1) is 0 Å². The summed E-state index contributed by atoms with van der Waals surface area (Å²) < 4.78 is 11.2. The van der Waals surface area contributed by atoms with Crippen molar-refractivity contribution >= 4 is 35.2 Å². The zero-order chi connectivity index (χ0) is 39.2. The fraction of sp³-hybridized carbons (Fsp3) is 0.327. The van der Waals surface area contributed by atoms with Gasteiger partial charge < -0.3 is 9.47 Å². The lowest BCUT2D eigenvalue weighted by Gasteiger charge is -2.06. The van der Waals surface area contributed by atoms with Crippen molar-refractivity contribution < 1.29 is 19.1 Å². The van der Waals surface area contributed by atoms with Gasteiger partial charge >= 0.3 is 11.9 Å². The number of hydrogen-bond acceptors (Lipinski definition) is 7. The average molecular weight is 750 g/mol. The van der Waals surface area contributed by atoms with E-state index in [0.29, 0.717) is 34.0 Å². The average Bonchev–Trinajstić information content (AvgIpc) is 3.23. The second-order valence-electron chi connectivity index (χ2n) is 14.2. The maximum Gasteiger partial charge on any atom is 0.343 e. The smallest absolute Gasteiger partial charge is 0.343 e. The van der Waals surface area contributed by atoms with E-state index in [0.717, 1.165) is 24.1 Å². The van der Waals surface area contributed by atoms with Crippen molar-refractivity contribution in [2.75, 3.05) is 0 Å². The predicted octanol–water partition coefficient (Wildman–Crippen LogP) is 14.1. The molecule has 0 N–H and O–H groups in total. The maximum absolute atomic E-state index is 13.0. The molecule has 0 saturated heterocycles. The summed E-state index contributed by atoms with van der Waals surface area (Å²) >= 11 is 0. The van der Waals surface area contributed by atoms with Crippen LogP contribution in [0.25, 0.3) is 0 Å².